The van der Waals surface area contributed by atoms with Crippen molar-refractivity contribution in [3.8, 4) is 0 Å². The Hall–Kier alpha value is -2.01. The van der Waals surface area contributed by atoms with E-state index >= 15 is 0 Å². The maximum absolute atomic E-state index is 12.7. The highest BCUT2D eigenvalue weighted by atomic mass is 16.2. The highest BCUT2D eigenvalue weighted by Gasteiger charge is 2.36. The molecule has 0 N–H and O–H groups in total. The van der Waals surface area contributed by atoms with Crippen LogP contribution in [-0.4, -0.2) is 50.8 Å². The van der Waals surface area contributed by atoms with Crippen LogP contribution < -0.4 is 0 Å². The van der Waals surface area contributed by atoms with Crippen LogP contribution >= 0.6 is 0 Å². The van der Waals surface area contributed by atoms with Crippen molar-refractivity contribution in [2.75, 3.05) is 13.1 Å². The molecule has 1 aromatic rings. The molecule has 1 amide bonds. The van der Waals surface area contributed by atoms with E-state index in [1.807, 2.05) is 12.4 Å². The van der Waals surface area contributed by atoms with E-state index in [9.17, 15) is 4.79 Å². The molecule has 4 rings (SSSR count). The second-order valence-corrected chi connectivity index (χ2v) is 8.86. The zero-order chi connectivity index (χ0) is 20.9. The second kappa shape index (κ2) is 9.86. The van der Waals surface area contributed by atoms with Crippen molar-refractivity contribution in [2.24, 2.45) is 5.92 Å². The Morgan fingerprint density at radius 3 is 2.40 bits per heavy atom. The van der Waals surface area contributed by atoms with E-state index in [1.54, 1.807) is 0 Å². The standard InChI is InChI=1S/C25H35N4O/c1-3-19(4-2)25(30)28-14-12-23(13-15-28)29(22-10-11-22)18-21-16-27-24(17-26-21)20-8-6-5-7-9-20/h5-6,8-9,16-17,19,22-23H,3-4,7,10-15,18H2,1-2H3. The van der Waals surface area contributed by atoms with Gasteiger partial charge in [-0.3, -0.25) is 19.7 Å². The third-order valence-electron chi connectivity index (χ3n) is 6.83. The molecule has 3 aliphatic rings. The molecule has 0 unspecified atom stereocenters. The average molecular weight is 408 g/mol. The molecular weight excluding hydrogens is 372 g/mol. The monoisotopic (exact) mass is 407 g/mol. The summed E-state index contributed by atoms with van der Waals surface area (Å²) in [7, 11) is 0. The maximum Gasteiger partial charge on any atom is 0.225 e. The predicted molar refractivity (Wildman–Crippen MR) is 120 cm³/mol. The van der Waals surface area contributed by atoms with Gasteiger partial charge in [0, 0.05) is 37.6 Å². The molecule has 5 heteroatoms. The fourth-order valence-corrected chi connectivity index (χ4v) is 4.75. The molecule has 2 heterocycles. The maximum atomic E-state index is 12.7. The summed E-state index contributed by atoms with van der Waals surface area (Å²) in [5.41, 5.74) is 3.16. The minimum Gasteiger partial charge on any atom is -0.342 e. The van der Waals surface area contributed by atoms with Gasteiger partial charge in [-0.1, -0.05) is 32.1 Å². The van der Waals surface area contributed by atoms with E-state index in [1.165, 1.54) is 12.8 Å². The van der Waals surface area contributed by atoms with Gasteiger partial charge in [0.2, 0.25) is 5.91 Å². The lowest BCUT2D eigenvalue weighted by Crippen LogP contribution is -2.48. The number of allylic oxidation sites excluding steroid dienone is 4. The first-order chi connectivity index (χ1) is 14.7. The van der Waals surface area contributed by atoms with Gasteiger partial charge >= 0.3 is 0 Å². The minimum absolute atomic E-state index is 0.196. The Balaban J connectivity index is 1.35. The number of hydrogen-bond donors (Lipinski definition) is 0. The van der Waals surface area contributed by atoms with Gasteiger partial charge in [-0.15, -0.1) is 0 Å². The van der Waals surface area contributed by atoms with E-state index in [0.29, 0.717) is 18.0 Å². The number of carbonyl (C=O) groups excluding carboxylic acids is 1. The number of piperidine rings is 1. The van der Waals surface area contributed by atoms with E-state index in [2.05, 4.69) is 53.3 Å². The first kappa shape index (κ1) is 21.2. The van der Waals surface area contributed by atoms with Crippen molar-refractivity contribution in [3.63, 3.8) is 0 Å². The molecule has 0 bridgehead atoms. The smallest absolute Gasteiger partial charge is 0.225 e. The van der Waals surface area contributed by atoms with Crippen LogP contribution in [0.15, 0.2) is 30.6 Å². The zero-order valence-corrected chi connectivity index (χ0v) is 18.5. The molecule has 0 spiro atoms. The minimum atomic E-state index is 0.196. The van der Waals surface area contributed by atoms with E-state index in [-0.39, 0.29) is 5.92 Å². The van der Waals surface area contributed by atoms with Crippen molar-refractivity contribution in [1.82, 2.24) is 19.8 Å². The van der Waals surface area contributed by atoms with E-state index in [0.717, 1.165) is 68.7 Å². The van der Waals surface area contributed by atoms with Gasteiger partial charge in [0.1, 0.15) is 0 Å². The van der Waals surface area contributed by atoms with Crippen LogP contribution in [0.1, 0.15) is 70.2 Å². The SMILES string of the molecule is CCC(CC)C(=O)N1CCC(N(Cc2cnc(C3=CC[CH]C=C3)cn2)C2CC2)CC1. The fraction of sp³-hybridized carbons (Fsp3) is 0.600. The number of amides is 1. The molecule has 1 saturated carbocycles. The first-order valence-corrected chi connectivity index (χ1v) is 11.8. The molecule has 1 aromatic heterocycles. The summed E-state index contributed by atoms with van der Waals surface area (Å²) >= 11 is 0. The Morgan fingerprint density at radius 2 is 1.83 bits per heavy atom. The quantitative estimate of drug-likeness (QED) is 0.640. The molecule has 0 atom stereocenters. The molecule has 2 fully saturated rings. The molecule has 1 radical (unpaired) electrons. The number of likely N-dealkylation sites (tertiary alicyclic amines) is 1. The predicted octanol–water partition coefficient (Wildman–Crippen LogP) is 4.42. The highest BCUT2D eigenvalue weighted by molar-refractivity contribution is 5.78. The van der Waals surface area contributed by atoms with Gasteiger partial charge in [0.05, 0.1) is 23.8 Å². The van der Waals surface area contributed by atoms with E-state index in [4.69, 9.17) is 4.98 Å². The summed E-state index contributed by atoms with van der Waals surface area (Å²) in [6.45, 7) is 6.90. The van der Waals surface area contributed by atoms with Gasteiger partial charge < -0.3 is 4.90 Å². The summed E-state index contributed by atoms with van der Waals surface area (Å²) in [5, 5.41) is 0. The van der Waals surface area contributed by atoms with Gasteiger partial charge in [-0.25, -0.2) is 0 Å². The average Bonchev–Trinajstić information content (AvgIpc) is 3.65. The Morgan fingerprint density at radius 1 is 1.10 bits per heavy atom. The second-order valence-electron chi connectivity index (χ2n) is 8.86. The van der Waals surface area contributed by atoms with Crippen LogP contribution in [0.5, 0.6) is 0 Å². The van der Waals surface area contributed by atoms with Crippen LogP contribution in [0.25, 0.3) is 5.57 Å². The van der Waals surface area contributed by atoms with Crippen LogP contribution in [0.4, 0.5) is 0 Å². The Bertz CT molecular complexity index is 769. The van der Waals surface area contributed by atoms with E-state index < -0.39 is 0 Å². The van der Waals surface area contributed by atoms with Gasteiger partial charge in [0.15, 0.2) is 0 Å². The lowest BCUT2D eigenvalue weighted by Gasteiger charge is -2.39. The van der Waals surface area contributed by atoms with Crippen LogP contribution in [0.2, 0.25) is 0 Å². The number of carbonyl (C=O) groups is 1. The number of hydrogen-bond acceptors (Lipinski definition) is 4. The van der Waals surface area contributed by atoms with Crippen molar-refractivity contribution in [3.05, 3.63) is 48.4 Å². The normalized spacial score (nSPS) is 20.1. The lowest BCUT2D eigenvalue weighted by molar-refractivity contribution is -0.137. The Kier molecular flexibility index (Phi) is 6.98. The molecule has 30 heavy (non-hydrogen) atoms. The molecule has 1 saturated heterocycles. The number of nitrogens with zero attached hydrogens (tertiary/aromatic N) is 4. The van der Waals surface area contributed by atoms with Crippen molar-refractivity contribution in [1.29, 1.82) is 0 Å². The van der Waals surface area contributed by atoms with Crippen LogP contribution in [0, 0.1) is 12.3 Å². The zero-order valence-electron chi connectivity index (χ0n) is 18.5. The number of rotatable bonds is 8. The van der Waals surface area contributed by atoms with Crippen LogP contribution in [-0.2, 0) is 11.3 Å². The largest absolute Gasteiger partial charge is 0.342 e. The Labute approximate surface area is 181 Å². The van der Waals surface area contributed by atoms with Gasteiger partial charge in [0.25, 0.3) is 0 Å². The van der Waals surface area contributed by atoms with Crippen molar-refractivity contribution in [2.45, 2.75) is 77.4 Å². The first-order valence-electron chi connectivity index (χ1n) is 11.8. The molecule has 1 aliphatic heterocycles. The van der Waals surface area contributed by atoms with Gasteiger partial charge in [-0.05, 0) is 56.9 Å². The summed E-state index contributed by atoms with van der Waals surface area (Å²) in [5.74, 6) is 0.559. The third kappa shape index (κ3) is 5.00. The lowest BCUT2D eigenvalue weighted by atomic mass is 9.97. The summed E-state index contributed by atoms with van der Waals surface area (Å²) < 4.78 is 0. The van der Waals surface area contributed by atoms with Gasteiger partial charge in [-0.2, -0.15) is 0 Å². The van der Waals surface area contributed by atoms with Crippen LogP contribution in [0.3, 0.4) is 0 Å². The third-order valence-corrected chi connectivity index (χ3v) is 6.83. The molecule has 5 nitrogen and oxygen atoms in total. The van der Waals surface area contributed by atoms with Crippen molar-refractivity contribution >= 4 is 11.5 Å². The molecule has 161 valence electrons. The molecular formula is C25H35N4O. The summed E-state index contributed by atoms with van der Waals surface area (Å²) in [6, 6.07) is 1.22. The highest BCUT2D eigenvalue weighted by Crippen LogP contribution is 2.33. The van der Waals surface area contributed by atoms with Crippen molar-refractivity contribution < 1.29 is 4.79 Å². The summed E-state index contributed by atoms with van der Waals surface area (Å²) in [4.78, 5) is 26.9. The topological polar surface area (TPSA) is 49.3 Å². The number of aromatic nitrogens is 2. The molecule has 2 aliphatic carbocycles. The summed E-state index contributed by atoms with van der Waals surface area (Å²) in [6.07, 6.45) is 19.9. The molecule has 0 aromatic carbocycles. The fourth-order valence-electron chi connectivity index (χ4n) is 4.75.